The molecule has 152 valence electrons. The van der Waals surface area contributed by atoms with Crippen molar-refractivity contribution in [2.45, 2.75) is 6.54 Å². The molecular formula is C19H13F2N5O3S. The molecule has 0 aliphatic heterocycles. The van der Waals surface area contributed by atoms with Crippen LogP contribution < -0.4 is 16.2 Å². The van der Waals surface area contributed by atoms with E-state index in [1.165, 1.54) is 18.6 Å². The van der Waals surface area contributed by atoms with Gasteiger partial charge in [-0.15, -0.1) is 0 Å². The molecule has 0 saturated carbocycles. The average molecular weight is 429 g/mol. The highest BCUT2D eigenvalue weighted by atomic mass is 32.1. The summed E-state index contributed by atoms with van der Waals surface area (Å²) in [5.74, 6) is -1.65. The first-order valence-electron chi connectivity index (χ1n) is 8.53. The van der Waals surface area contributed by atoms with E-state index < -0.39 is 23.2 Å². The SMILES string of the molecule is NC(=O)c1cnc(Oc2ccc(-n3ncn(Cc4c(F)cccc4F)c3=O)cc2)s1. The van der Waals surface area contributed by atoms with Gasteiger partial charge in [0.2, 0.25) is 0 Å². The highest BCUT2D eigenvalue weighted by Crippen LogP contribution is 2.26. The fraction of sp³-hybridized carbons (Fsp3) is 0.0526. The molecule has 2 heterocycles. The zero-order chi connectivity index (χ0) is 21.3. The van der Waals surface area contributed by atoms with E-state index in [2.05, 4.69) is 10.1 Å². The number of hydrogen-bond acceptors (Lipinski definition) is 6. The number of amides is 1. The Hall–Kier alpha value is -3.86. The molecular weight excluding hydrogens is 416 g/mol. The Balaban J connectivity index is 1.53. The number of ether oxygens (including phenoxy) is 1. The summed E-state index contributed by atoms with van der Waals surface area (Å²) in [7, 11) is 0. The van der Waals surface area contributed by atoms with E-state index in [-0.39, 0.29) is 22.2 Å². The lowest BCUT2D eigenvalue weighted by atomic mass is 10.2. The highest BCUT2D eigenvalue weighted by Gasteiger charge is 2.14. The van der Waals surface area contributed by atoms with Crippen LogP contribution in [0.3, 0.4) is 0 Å². The smallest absolute Gasteiger partial charge is 0.350 e. The molecule has 0 aliphatic carbocycles. The molecule has 0 radical (unpaired) electrons. The van der Waals surface area contributed by atoms with Crippen LogP contribution in [0, 0.1) is 11.6 Å². The van der Waals surface area contributed by atoms with Crippen LogP contribution in [0.2, 0.25) is 0 Å². The number of benzene rings is 2. The summed E-state index contributed by atoms with van der Waals surface area (Å²) in [5, 5.41) is 4.24. The number of primary amides is 1. The third kappa shape index (κ3) is 3.82. The van der Waals surface area contributed by atoms with Crippen molar-refractivity contribution in [2.24, 2.45) is 5.73 Å². The number of rotatable bonds is 6. The van der Waals surface area contributed by atoms with Gasteiger partial charge in [0, 0.05) is 5.56 Å². The molecule has 30 heavy (non-hydrogen) atoms. The van der Waals surface area contributed by atoms with Crippen LogP contribution in [0.5, 0.6) is 10.9 Å². The second kappa shape index (κ2) is 7.87. The minimum atomic E-state index is -0.738. The predicted molar refractivity (Wildman–Crippen MR) is 104 cm³/mol. The third-order valence-electron chi connectivity index (χ3n) is 4.14. The Kier molecular flexibility index (Phi) is 5.11. The van der Waals surface area contributed by atoms with Crippen LogP contribution in [0.1, 0.15) is 15.2 Å². The van der Waals surface area contributed by atoms with Gasteiger partial charge >= 0.3 is 5.69 Å². The van der Waals surface area contributed by atoms with Crippen LogP contribution in [-0.2, 0) is 6.54 Å². The predicted octanol–water partition coefficient (Wildman–Crippen LogP) is 2.71. The first-order chi connectivity index (χ1) is 14.4. The molecule has 0 fully saturated rings. The maximum absolute atomic E-state index is 13.8. The second-order valence-electron chi connectivity index (χ2n) is 6.10. The number of hydrogen-bond donors (Lipinski definition) is 1. The fourth-order valence-electron chi connectivity index (χ4n) is 2.65. The van der Waals surface area contributed by atoms with Crippen molar-refractivity contribution in [1.82, 2.24) is 19.3 Å². The van der Waals surface area contributed by atoms with Crippen molar-refractivity contribution in [3.8, 4) is 16.6 Å². The van der Waals surface area contributed by atoms with Gasteiger partial charge in [-0.2, -0.15) is 9.78 Å². The highest BCUT2D eigenvalue weighted by molar-refractivity contribution is 7.15. The third-order valence-corrected chi connectivity index (χ3v) is 5.03. The molecule has 0 bridgehead atoms. The summed E-state index contributed by atoms with van der Waals surface area (Å²) in [4.78, 5) is 27.9. The first-order valence-corrected chi connectivity index (χ1v) is 9.35. The lowest BCUT2D eigenvalue weighted by Crippen LogP contribution is -2.24. The zero-order valence-electron chi connectivity index (χ0n) is 15.2. The number of halogens is 2. The van der Waals surface area contributed by atoms with Gasteiger partial charge in [0.15, 0.2) is 0 Å². The normalized spacial score (nSPS) is 10.9. The van der Waals surface area contributed by atoms with Crippen LogP contribution in [-0.4, -0.2) is 25.2 Å². The maximum Gasteiger partial charge on any atom is 0.350 e. The molecule has 0 saturated heterocycles. The quantitative estimate of drug-likeness (QED) is 0.507. The number of nitrogens with zero attached hydrogens (tertiary/aromatic N) is 4. The summed E-state index contributed by atoms with van der Waals surface area (Å²) >= 11 is 1.01. The number of nitrogens with two attached hydrogens (primary N) is 1. The Morgan fingerprint density at radius 1 is 1.13 bits per heavy atom. The molecule has 2 N–H and O–H groups in total. The summed E-state index contributed by atoms with van der Waals surface area (Å²) in [6.45, 7) is -0.287. The topological polar surface area (TPSA) is 105 Å². The van der Waals surface area contributed by atoms with Crippen molar-refractivity contribution in [2.75, 3.05) is 0 Å². The van der Waals surface area contributed by atoms with E-state index in [1.807, 2.05) is 0 Å². The van der Waals surface area contributed by atoms with Crippen molar-refractivity contribution >= 4 is 17.2 Å². The molecule has 4 aromatic rings. The molecule has 11 heteroatoms. The monoisotopic (exact) mass is 429 g/mol. The van der Waals surface area contributed by atoms with Crippen LogP contribution >= 0.6 is 11.3 Å². The van der Waals surface area contributed by atoms with Gasteiger partial charge in [-0.3, -0.25) is 9.36 Å². The average Bonchev–Trinajstić information content (AvgIpc) is 3.33. The maximum atomic E-state index is 13.8. The fourth-order valence-corrected chi connectivity index (χ4v) is 3.29. The van der Waals surface area contributed by atoms with E-state index in [1.54, 1.807) is 24.3 Å². The van der Waals surface area contributed by atoms with Gasteiger partial charge < -0.3 is 10.5 Å². The van der Waals surface area contributed by atoms with Crippen molar-refractivity contribution in [3.05, 3.63) is 87.5 Å². The van der Waals surface area contributed by atoms with Gasteiger partial charge in [0.25, 0.3) is 11.1 Å². The number of thiazole rings is 1. The standard InChI is InChI=1S/C19H13F2N5O3S/c20-14-2-1-3-15(21)13(14)9-25-10-24-26(19(25)28)11-4-6-12(7-5-11)29-18-23-8-16(30-18)17(22)27/h1-8,10H,9H2,(H2,22,27). The van der Waals surface area contributed by atoms with E-state index >= 15 is 0 Å². The Labute approximate surface area is 171 Å². The van der Waals surface area contributed by atoms with Gasteiger partial charge in [0.05, 0.1) is 18.4 Å². The number of aromatic nitrogens is 4. The molecule has 0 unspecified atom stereocenters. The molecule has 8 nitrogen and oxygen atoms in total. The van der Waals surface area contributed by atoms with Crippen molar-refractivity contribution in [3.63, 3.8) is 0 Å². The molecule has 2 aromatic carbocycles. The second-order valence-corrected chi connectivity index (χ2v) is 7.10. The lowest BCUT2D eigenvalue weighted by Gasteiger charge is -2.05. The minimum Gasteiger partial charge on any atom is -0.431 e. The van der Waals surface area contributed by atoms with E-state index in [0.29, 0.717) is 11.4 Å². The summed E-state index contributed by atoms with van der Waals surface area (Å²) in [5.41, 5.74) is 4.83. The first kappa shape index (κ1) is 19.5. The van der Waals surface area contributed by atoms with Crippen LogP contribution in [0.25, 0.3) is 5.69 Å². The van der Waals surface area contributed by atoms with E-state index in [9.17, 15) is 18.4 Å². The van der Waals surface area contributed by atoms with E-state index in [0.717, 1.165) is 32.7 Å². The Morgan fingerprint density at radius 2 is 1.83 bits per heavy atom. The summed E-state index contributed by atoms with van der Waals surface area (Å²) in [6.07, 6.45) is 2.53. The Morgan fingerprint density at radius 3 is 2.47 bits per heavy atom. The van der Waals surface area contributed by atoms with E-state index in [4.69, 9.17) is 10.5 Å². The van der Waals surface area contributed by atoms with Gasteiger partial charge in [-0.05, 0) is 36.4 Å². The molecule has 2 aromatic heterocycles. The largest absolute Gasteiger partial charge is 0.431 e. The number of carbonyl (C=O) groups is 1. The molecule has 4 rings (SSSR count). The molecule has 1 amide bonds. The van der Waals surface area contributed by atoms with Gasteiger partial charge in [-0.25, -0.2) is 18.6 Å². The number of carbonyl (C=O) groups excluding carboxylic acids is 1. The molecule has 0 aliphatic rings. The lowest BCUT2D eigenvalue weighted by molar-refractivity contribution is 0.100. The minimum absolute atomic E-state index is 0.221. The summed E-state index contributed by atoms with van der Waals surface area (Å²) < 4.78 is 35.4. The van der Waals surface area contributed by atoms with Gasteiger partial charge in [-0.1, -0.05) is 17.4 Å². The van der Waals surface area contributed by atoms with Gasteiger partial charge in [0.1, 0.15) is 28.6 Å². The van der Waals surface area contributed by atoms with Crippen molar-refractivity contribution in [1.29, 1.82) is 0 Å². The summed E-state index contributed by atoms with van der Waals surface area (Å²) in [6, 6.07) is 9.85. The zero-order valence-corrected chi connectivity index (χ0v) is 16.0. The van der Waals surface area contributed by atoms with Crippen LogP contribution in [0.15, 0.2) is 59.8 Å². The molecule has 0 atom stereocenters. The molecule has 0 spiro atoms. The Bertz CT molecular complexity index is 1260. The van der Waals surface area contributed by atoms with Crippen molar-refractivity contribution < 1.29 is 18.3 Å². The van der Waals surface area contributed by atoms with Crippen LogP contribution in [0.4, 0.5) is 8.78 Å².